The summed E-state index contributed by atoms with van der Waals surface area (Å²) >= 11 is 9.54. The van der Waals surface area contributed by atoms with Crippen molar-refractivity contribution in [1.29, 1.82) is 0 Å². The van der Waals surface area contributed by atoms with E-state index < -0.39 is 6.10 Å². The molecule has 0 amide bonds. The van der Waals surface area contributed by atoms with Gasteiger partial charge in [0.2, 0.25) is 0 Å². The van der Waals surface area contributed by atoms with Crippen molar-refractivity contribution in [1.82, 2.24) is 0 Å². The Labute approximate surface area is 125 Å². The zero-order valence-corrected chi connectivity index (χ0v) is 12.4. The van der Waals surface area contributed by atoms with Gasteiger partial charge in [-0.3, -0.25) is 0 Å². The Hall–Kier alpha value is -0.870. The molecule has 4 heteroatoms. The van der Waals surface area contributed by atoms with Gasteiger partial charge in [-0.1, -0.05) is 51.8 Å². The molecule has 0 saturated carbocycles. The highest BCUT2D eigenvalue weighted by molar-refractivity contribution is 9.10. The van der Waals surface area contributed by atoms with Gasteiger partial charge in [-0.05, 0) is 28.8 Å². The number of halogens is 2. The van der Waals surface area contributed by atoms with Crippen LogP contribution in [0.2, 0.25) is 5.02 Å². The third-order valence-electron chi connectivity index (χ3n) is 3.32. The molecule has 1 heterocycles. The summed E-state index contributed by atoms with van der Waals surface area (Å²) in [4.78, 5) is 0. The maximum atomic E-state index is 10.5. The van der Waals surface area contributed by atoms with Crippen LogP contribution in [0.4, 0.5) is 0 Å². The van der Waals surface area contributed by atoms with Crippen molar-refractivity contribution >= 4 is 27.5 Å². The van der Waals surface area contributed by atoms with E-state index in [1.807, 2.05) is 30.3 Å². The van der Waals surface area contributed by atoms with Crippen molar-refractivity contribution in [3.8, 4) is 0 Å². The zero-order valence-electron chi connectivity index (χ0n) is 10.1. The summed E-state index contributed by atoms with van der Waals surface area (Å²) in [7, 11) is 0. The second-order valence-corrected chi connectivity index (χ2v) is 5.91. The Balaban J connectivity index is 1.97. The first-order chi connectivity index (χ1) is 9.15. The van der Waals surface area contributed by atoms with Gasteiger partial charge in [-0.15, -0.1) is 0 Å². The maximum Gasteiger partial charge on any atom is 0.105 e. The summed E-state index contributed by atoms with van der Waals surface area (Å²) in [6.45, 7) is 1.27. The third-order valence-corrected chi connectivity index (χ3v) is 4.14. The van der Waals surface area contributed by atoms with Crippen LogP contribution in [0.1, 0.15) is 28.4 Å². The van der Waals surface area contributed by atoms with Crippen molar-refractivity contribution in [2.75, 3.05) is 0 Å². The Morgan fingerprint density at radius 1 is 1.11 bits per heavy atom. The van der Waals surface area contributed by atoms with E-state index in [1.165, 1.54) is 5.56 Å². The fourth-order valence-corrected chi connectivity index (χ4v) is 3.04. The fourth-order valence-electron chi connectivity index (χ4n) is 2.26. The molecule has 1 unspecified atom stereocenters. The van der Waals surface area contributed by atoms with E-state index in [0.29, 0.717) is 23.8 Å². The molecule has 0 fully saturated rings. The van der Waals surface area contributed by atoms with Gasteiger partial charge >= 0.3 is 0 Å². The van der Waals surface area contributed by atoms with Crippen molar-refractivity contribution < 1.29 is 9.84 Å². The van der Waals surface area contributed by atoms with E-state index in [2.05, 4.69) is 15.9 Å². The Morgan fingerprint density at radius 3 is 2.68 bits per heavy atom. The number of ether oxygens (including phenoxy) is 1. The smallest absolute Gasteiger partial charge is 0.105 e. The minimum Gasteiger partial charge on any atom is -0.384 e. The highest BCUT2D eigenvalue weighted by atomic mass is 79.9. The van der Waals surface area contributed by atoms with Crippen LogP contribution in [0.15, 0.2) is 40.9 Å². The van der Waals surface area contributed by atoms with Gasteiger partial charge in [-0.2, -0.15) is 0 Å². The summed E-state index contributed by atoms with van der Waals surface area (Å²) in [5, 5.41) is 11.0. The van der Waals surface area contributed by atoms with Gasteiger partial charge in [0.1, 0.15) is 6.10 Å². The van der Waals surface area contributed by atoms with Crippen LogP contribution in [0.25, 0.3) is 0 Å². The van der Waals surface area contributed by atoms with Gasteiger partial charge in [0.15, 0.2) is 0 Å². The molecule has 0 spiro atoms. The minimum atomic E-state index is -0.716. The Morgan fingerprint density at radius 2 is 1.89 bits per heavy atom. The lowest BCUT2D eigenvalue weighted by Gasteiger charge is -2.14. The number of hydrogen-bond donors (Lipinski definition) is 1. The van der Waals surface area contributed by atoms with E-state index in [-0.39, 0.29) is 0 Å². The van der Waals surface area contributed by atoms with E-state index in [0.717, 1.165) is 15.6 Å². The normalized spacial score (nSPS) is 15.3. The highest BCUT2D eigenvalue weighted by Gasteiger charge is 2.17. The number of benzene rings is 2. The average molecular weight is 340 g/mol. The fraction of sp³-hybridized carbons (Fsp3) is 0.200. The molecule has 1 atom stereocenters. The van der Waals surface area contributed by atoms with Crippen molar-refractivity contribution in [2.45, 2.75) is 19.3 Å². The van der Waals surface area contributed by atoms with Gasteiger partial charge in [-0.25, -0.2) is 0 Å². The molecular weight excluding hydrogens is 328 g/mol. The summed E-state index contributed by atoms with van der Waals surface area (Å²) in [6.07, 6.45) is -0.716. The third kappa shape index (κ3) is 2.56. The number of aliphatic hydroxyl groups is 1. The van der Waals surface area contributed by atoms with Crippen LogP contribution < -0.4 is 0 Å². The average Bonchev–Trinajstić information content (AvgIpc) is 2.85. The molecule has 2 aromatic carbocycles. The number of rotatable bonds is 2. The van der Waals surface area contributed by atoms with E-state index in [1.54, 1.807) is 6.07 Å². The summed E-state index contributed by atoms with van der Waals surface area (Å²) in [5.74, 6) is 0. The highest BCUT2D eigenvalue weighted by Crippen LogP contribution is 2.32. The van der Waals surface area contributed by atoms with Gasteiger partial charge < -0.3 is 9.84 Å². The lowest BCUT2D eigenvalue weighted by molar-refractivity contribution is 0.134. The molecular formula is C15H12BrClO2. The Bertz CT molecular complexity index is 628. The standard InChI is InChI=1S/C15H12BrClO2/c16-12-3-4-13(14(17)6-12)15(18)9-1-2-10-7-19-8-11(10)5-9/h1-6,15,18H,7-8H2. The van der Waals surface area contributed by atoms with Crippen molar-refractivity contribution in [3.63, 3.8) is 0 Å². The predicted octanol–water partition coefficient (Wildman–Crippen LogP) is 4.21. The number of hydrogen-bond acceptors (Lipinski definition) is 2. The molecule has 1 aliphatic rings. The first kappa shape index (κ1) is 13.1. The molecule has 2 nitrogen and oxygen atoms in total. The van der Waals surface area contributed by atoms with Gasteiger partial charge in [0.05, 0.1) is 13.2 Å². The van der Waals surface area contributed by atoms with E-state index >= 15 is 0 Å². The van der Waals surface area contributed by atoms with Crippen molar-refractivity contribution in [2.24, 2.45) is 0 Å². The summed E-state index contributed by atoms with van der Waals surface area (Å²) in [6, 6.07) is 11.4. The maximum absolute atomic E-state index is 10.5. The zero-order chi connectivity index (χ0) is 13.4. The van der Waals surface area contributed by atoms with Crippen LogP contribution in [0.5, 0.6) is 0 Å². The van der Waals surface area contributed by atoms with Crippen LogP contribution in [0.3, 0.4) is 0 Å². The first-order valence-corrected chi connectivity index (χ1v) is 7.15. The predicted molar refractivity (Wildman–Crippen MR) is 78.1 cm³/mol. The molecule has 0 saturated heterocycles. The van der Waals surface area contributed by atoms with Gasteiger partial charge in [0.25, 0.3) is 0 Å². The lowest BCUT2D eigenvalue weighted by atomic mass is 9.98. The minimum absolute atomic E-state index is 0.554. The van der Waals surface area contributed by atoms with E-state index in [4.69, 9.17) is 16.3 Å². The van der Waals surface area contributed by atoms with Crippen LogP contribution in [-0.2, 0) is 18.0 Å². The monoisotopic (exact) mass is 338 g/mol. The lowest BCUT2D eigenvalue weighted by Crippen LogP contribution is -2.01. The molecule has 0 bridgehead atoms. The molecule has 98 valence electrons. The molecule has 2 aromatic rings. The molecule has 1 N–H and O–H groups in total. The molecule has 0 aromatic heterocycles. The summed E-state index contributed by atoms with van der Waals surface area (Å²) in [5.41, 5.74) is 3.89. The number of fused-ring (bicyclic) bond motifs is 1. The van der Waals surface area contributed by atoms with Crippen LogP contribution in [-0.4, -0.2) is 5.11 Å². The van der Waals surface area contributed by atoms with Crippen LogP contribution >= 0.6 is 27.5 Å². The van der Waals surface area contributed by atoms with Crippen molar-refractivity contribution in [3.05, 3.63) is 68.1 Å². The molecule has 19 heavy (non-hydrogen) atoms. The largest absolute Gasteiger partial charge is 0.384 e. The molecule has 3 rings (SSSR count). The molecule has 0 aliphatic carbocycles. The van der Waals surface area contributed by atoms with Gasteiger partial charge in [0, 0.05) is 15.1 Å². The summed E-state index contributed by atoms with van der Waals surface area (Å²) < 4.78 is 6.28. The van der Waals surface area contributed by atoms with E-state index in [9.17, 15) is 5.11 Å². The number of aliphatic hydroxyl groups excluding tert-OH is 1. The second-order valence-electron chi connectivity index (χ2n) is 4.59. The van der Waals surface area contributed by atoms with Crippen LogP contribution in [0, 0.1) is 0 Å². The Kier molecular flexibility index (Phi) is 3.63. The second kappa shape index (κ2) is 5.25. The quantitative estimate of drug-likeness (QED) is 0.888. The SMILES string of the molecule is OC(c1ccc2c(c1)COC2)c1ccc(Br)cc1Cl. The molecule has 1 aliphatic heterocycles. The topological polar surface area (TPSA) is 29.5 Å². The molecule has 0 radical (unpaired) electrons. The first-order valence-electron chi connectivity index (χ1n) is 5.97.